The van der Waals surface area contributed by atoms with E-state index in [1.165, 1.54) is 22.9 Å². The molecule has 0 aliphatic carbocycles. The molecule has 0 aromatic heterocycles. The maximum Gasteiger partial charge on any atom is 0.138 e. The number of hydrogen-bond donors (Lipinski definition) is 1. The number of nitriles is 1. The summed E-state index contributed by atoms with van der Waals surface area (Å²) in [6.45, 7) is 4.11. The molecule has 0 heterocycles. The molecule has 0 aliphatic heterocycles. The molecule has 84 valence electrons. The Morgan fingerprint density at radius 3 is 2.62 bits per heavy atom. The molecular weight excluding hydrogens is 236 g/mol. The van der Waals surface area contributed by atoms with Crippen molar-refractivity contribution in [2.75, 3.05) is 11.1 Å². The summed E-state index contributed by atoms with van der Waals surface area (Å²) in [5.41, 5.74) is 3.45. The Hall–Kier alpha value is -1.05. The van der Waals surface area contributed by atoms with E-state index in [0.29, 0.717) is 6.42 Å². The van der Waals surface area contributed by atoms with Gasteiger partial charge >= 0.3 is 0 Å². The minimum absolute atomic E-state index is 0.527. The third-order valence-electron chi connectivity index (χ3n) is 2.16. The summed E-state index contributed by atoms with van der Waals surface area (Å²) in [6.07, 6.45) is 0.527. The van der Waals surface area contributed by atoms with E-state index in [-0.39, 0.29) is 0 Å². The second-order valence-corrected chi connectivity index (χ2v) is 5.21. The summed E-state index contributed by atoms with van der Waals surface area (Å²) in [5, 5.41) is 11.7. The molecule has 1 rings (SSSR count). The first kappa shape index (κ1) is 13.0. The smallest absolute Gasteiger partial charge is 0.138 e. The topological polar surface area (TPSA) is 35.8 Å². The van der Waals surface area contributed by atoms with Gasteiger partial charge in [-0.25, -0.2) is 0 Å². The van der Waals surface area contributed by atoms with Gasteiger partial charge in [0.15, 0.2) is 0 Å². The molecule has 4 heteroatoms. The number of rotatable bonds is 3. The molecule has 16 heavy (non-hydrogen) atoms. The molecule has 0 bridgehead atoms. The first-order chi connectivity index (χ1) is 7.65. The van der Waals surface area contributed by atoms with Crippen molar-refractivity contribution in [1.29, 1.82) is 5.26 Å². The highest BCUT2D eigenvalue weighted by Crippen LogP contribution is 2.21. The lowest BCUT2D eigenvalue weighted by atomic mass is 10.1. The molecule has 0 spiro atoms. The third kappa shape index (κ3) is 3.84. The monoisotopic (exact) mass is 250 g/mol. The van der Waals surface area contributed by atoms with Gasteiger partial charge in [0.1, 0.15) is 4.32 Å². The van der Waals surface area contributed by atoms with Crippen molar-refractivity contribution in [3.05, 3.63) is 29.3 Å². The van der Waals surface area contributed by atoms with Gasteiger partial charge < -0.3 is 5.32 Å². The molecule has 2 nitrogen and oxygen atoms in total. The van der Waals surface area contributed by atoms with Gasteiger partial charge in [-0.05, 0) is 25.0 Å². The van der Waals surface area contributed by atoms with E-state index in [0.717, 1.165) is 15.8 Å². The predicted octanol–water partition coefficient (Wildman–Crippen LogP) is 3.65. The molecular formula is C12H14N2S2. The molecule has 0 fully saturated rings. The Morgan fingerprint density at radius 2 is 2.06 bits per heavy atom. The predicted molar refractivity (Wildman–Crippen MR) is 74.8 cm³/mol. The van der Waals surface area contributed by atoms with Crippen molar-refractivity contribution in [1.82, 2.24) is 0 Å². The van der Waals surface area contributed by atoms with Crippen LogP contribution >= 0.6 is 24.0 Å². The lowest BCUT2D eigenvalue weighted by molar-refractivity contribution is 1.25. The lowest BCUT2D eigenvalue weighted by Gasteiger charge is -2.12. The summed E-state index contributed by atoms with van der Waals surface area (Å²) < 4.78 is 0.729. The van der Waals surface area contributed by atoms with Crippen molar-refractivity contribution in [3.8, 4) is 6.07 Å². The van der Waals surface area contributed by atoms with Crippen LogP contribution in [0.4, 0.5) is 5.69 Å². The quantitative estimate of drug-likeness (QED) is 0.656. The normalized spacial score (nSPS) is 9.56. The third-order valence-corrected chi connectivity index (χ3v) is 3.38. The Labute approximate surface area is 106 Å². The maximum absolute atomic E-state index is 8.43. The molecule has 0 radical (unpaired) electrons. The van der Waals surface area contributed by atoms with Crippen LogP contribution < -0.4 is 5.32 Å². The zero-order valence-corrected chi connectivity index (χ0v) is 11.0. The minimum Gasteiger partial charge on any atom is -0.341 e. The van der Waals surface area contributed by atoms with Crippen LogP contribution in [0.2, 0.25) is 0 Å². The SMILES string of the molecule is Cc1cccc(C)c1NC(=S)SCCC#N. The summed E-state index contributed by atoms with van der Waals surface area (Å²) >= 11 is 6.72. The van der Waals surface area contributed by atoms with Crippen LogP contribution in [0.1, 0.15) is 17.5 Å². The van der Waals surface area contributed by atoms with Crippen molar-refractivity contribution in [2.45, 2.75) is 20.3 Å². The Bertz CT molecular complexity index is 401. The molecule has 0 amide bonds. The fourth-order valence-corrected chi connectivity index (χ4v) is 2.24. The van der Waals surface area contributed by atoms with E-state index < -0.39 is 0 Å². The molecule has 1 N–H and O–H groups in total. The average molecular weight is 250 g/mol. The van der Waals surface area contributed by atoms with Gasteiger partial charge in [0, 0.05) is 17.9 Å². The zero-order valence-electron chi connectivity index (χ0n) is 9.41. The average Bonchev–Trinajstić information content (AvgIpc) is 2.24. The van der Waals surface area contributed by atoms with Crippen molar-refractivity contribution in [2.24, 2.45) is 0 Å². The molecule has 1 aromatic rings. The Kier molecular flexibility index (Phi) is 5.30. The highest BCUT2D eigenvalue weighted by atomic mass is 32.2. The standard InChI is InChI=1S/C12H14N2S2/c1-9-5-3-6-10(2)11(9)14-12(15)16-8-4-7-13/h3,5-6H,4,8H2,1-2H3,(H,14,15). The largest absolute Gasteiger partial charge is 0.341 e. The van der Waals surface area contributed by atoms with Crippen molar-refractivity contribution in [3.63, 3.8) is 0 Å². The molecule has 0 saturated heterocycles. The van der Waals surface area contributed by atoms with E-state index in [1.807, 2.05) is 6.07 Å². The van der Waals surface area contributed by atoms with Crippen LogP contribution in [0, 0.1) is 25.2 Å². The van der Waals surface area contributed by atoms with Gasteiger partial charge in [-0.3, -0.25) is 0 Å². The summed E-state index contributed by atoms with van der Waals surface area (Å²) in [4.78, 5) is 0. The van der Waals surface area contributed by atoms with Crippen molar-refractivity contribution >= 4 is 34.0 Å². The van der Waals surface area contributed by atoms with Crippen LogP contribution in [0.15, 0.2) is 18.2 Å². The molecule has 1 aromatic carbocycles. The van der Waals surface area contributed by atoms with Gasteiger partial charge in [-0.2, -0.15) is 5.26 Å². The zero-order chi connectivity index (χ0) is 12.0. The molecule has 0 saturated carbocycles. The first-order valence-electron chi connectivity index (χ1n) is 5.02. The first-order valence-corrected chi connectivity index (χ1v) is 6.41. The number of nitrogens with one attached hydrogen (secondary N) is 1. The fourth-order valence-electron chi connectivity index (χ4n) is 1.34. The van der Waals surface area contributed by atoms with Gasteiger partial charge in [-0.1, -0.05) is 42.2 Å². The van der Waals surface area contributed by atoms with Crippen LogP contribution in [0.25, 0.3) is 0 Å². The number of nitrogens with zero attached hydrogens (tertiary/aromatic N) is 1. The number of aryl methyl sites for hydroxylation is 2. The number of anilines is 1. The number of para-hydroxylation sites is 1. The highest BCUT2D eigenvalue weighted by Gasteiger charge is 2.04. The van der Waals surface area contributed by atoms with Gasteiger partial charge in [0.05, 0.1) is 6.07 Å². The molecule has 0 atom stereocenters. The molecule has 0 aliphatic rings. The van der Waals surface area contributed by atoms with E-state index in [1.54, 1.807) is 0 Å². The van der Waals surface area contributed by atoms with Crippen molar-refractivity contribution < 1.29 is 0 Å². The summed E-state index contributed by atoms with van der Waals surface area (Å²) in [7, 11) is 0. The van der Waals surface area contributed by atoms with Crippen LogP contribution in [-0.4, -0.2) is 10.1 Å². The summed E-state index contributed by atoms with van der Waals surface area (Å²) in [6, 6.07) is 8.24. The van der Waals surface area contributed by atoms with E-state index in [9.17, 15) is 0 Å². The molecule has 0 unspecified atom stereocenters. The Morgan fingerprint density at radius 1 is 1.44 bits per heavy atom. The minimum atomic E-state index is 0.527. The maximum atomic E-state index is 8.43. The van der Waals surface area contributed by atoms with Crippen LogP contribution in [-0.2, 0) is 0 Å². The lowest BCUT2D eigenvalue weighted by Crippen LogP contribution is -2.07. The number of thiocarbonyl (C=S) groups is 1. The van der Waals surface area contributed by atoms with Gasteiger partial charge in [0.2, 0.25) is 0 Å². The highest BCUT2D eigenvalue weighted by molar-refractivity contribution is 8.23. The van der Waals surface area contributed by atoms with Gasteiger partial charge in [-0.15, -0.1) is 0 Å². The second kappa shape index (κ2) is 6.51. The number of thioether (sulfide) groups is 1. The number of benzene rings is 1. The number of hydrogen-bond acceptors (Lipinski definition) is 3. The van der Waals surface area contributed by atoms with E-state index in [2.05, 4.69) is 37.4 Å². The van der Waals surface area contributed by atoms with Crippen LogP contribution in [0.5, 0.6) is 0 Å². The Balaban J connectivity index is 2.60. The second-order valence-electron chi connectivity index (χ2n) is 3.44. The van der Waals surface area contributed by atoms with Crippen LogP contribution in [0.3, 0.4) is 0 Å². The summed E-state index contributed by atoms with van der Waals surface area (Å²) in [5.74, 6) is 0.743. The van der Waals surface area contributed by atoms with E-state index >= 15 is 0 Å². The van der Waals surface area contributed by atoms with E-state index in [4.69, 9.17) is 17.5 Å². The fraction of sp³-hybridized carbons (Fsp3) is 0.333. The van der Waals surface area contributed by atoms with Gasteiger partial charge in [0.25, 0.3) is 0 Å².